The first-order valence-electron chi connectivity index (χ1n) is 6.15. The molecule has 3 N–H and O–H groups in total. The highest BCUT2D eigenvalue weighted by atomic mass is 32.2. The van der Waals surface area contributed by atoms with E-state index in [2.05, 4.69) is 5.32 Å². The minimum atomic E-state index is -4.40. The summed E-state index contributed by atoms with van der Waals surface area (Å²) in [5, 5.41) is 2.46. The molecule has 0 aliphatic rings. The van der Waals surface area contributed by atoms with Crippen LogP contribution >= 0.6 is 11.8 Å². The fourth-order valence-corrected chi connectivity index (χ4v) is 2.14. The molecule has 1 rings (SSSR count). The Balaban J connectivity index is 2.85. The van der Waals surface area contributed by atoms with Crippen LogP contribution in [0, 0.1) is 5.92 Å². The Hall–Kier alpha value is -1.21. The molecule has 3 nitrogen and oxygen atoms in total. The van der Waals surface area contributed by atoms with E-state index in [0.717, 1.165) is 0 Å². The van der Waals surface area contributed by atoms with Crippen molar-refractivity contribution >= 4 is 23.4 Å². The number of carbonyl (C=O) groups is 1. The minimum Gasteiger partial charge on any atom is -0.324 e. The average Bonchev–Trinajstić information content (AvgIpc) is 2.37. The lowest BCUT2D eigenvalue weighted by Crippen LogP contribution is -2.40. The molecule has 0 aliphatic carbocycles. The van der Waals surface area contributed by atoms with Crippen molar-refractivity contribution in [1.82, 2.24) is 0 Å². The van der Waals surface area contributed by atoms with Gasteiger partial charge in [-0.25, -0.2) is 0 Å². The van der Waals surface area contributed by atoms with Gasteiger partial charge in [0, 0.05) is 4.90 Å². The number of benzene rings is 1. The summed E-state index contributed by atoms with van der Waals surface area (Å²) in [7, 11) is 0. The Labute approximate surface area is 120 Å². The minimum absolute atomic E-state index is 0.0440. The highest BCUT2D eigenvalue weighted by molar-refractivity contribution is 8.00. The lowest BCUT2D eigenvalue weighted by molar-refractivity contribution is -0.118. The molecule has 0 bridgehead atoms. The zero-order chi connectivity index (χ0) is 15.3. The maximum absolute atomic E-state index is 12.4. The number of thioether (sulfide) groups is 1. The molecular weight excluding hydrogens is 289 g/mol. The fraction of sp³-hybridized carbons (Fsp3) is 0.462. The first kappa shape index (κ1) is 16.8. The van der Waals surface area contributed by atoms with Crippen LogP contribution in [0.2, 0.25) is 0 Å². The van der Waals surface area contributed by atoms with Crippen LogP contribution in [-0.4, -0.2) is 17.5 Å². The van der Waals surface area contributed by atoms with Gasteiger partial charge in [-0.1, -0.05) is 32.4 Å². The number of alkyl halides is 3. The molecule has 0 aromatic heterocycles. The molecule has 0 saturated heterocycles. The Morgan fingerprint density at radius 2 is 2.00 bits per heavy atom. The molecule has 2 unspecified atom stereocenters. The number of amides is 1. The molecule has 20 heavy (non-hydrogen) atoms. The van der Waals surface area contributed by atoms with Gasteiger partial charge in [-0.2, -0.15) is 13.2 Å². The molecule has 1 amide bonds. The molecule has 0 aliphatic heterocycles. The average molecular weight is 306 g/mol. The van der Waals surface area contributed by atoms with Gasteiger partial charge in [0.15, 0.2) is 0 Å². The van der Waals surface area contributed by atoms with E-state index in [4.69, 9.17) is 5.73 Å². The summed E-state index contributed by atoms with van der Waals surface area (Å²) in [6.45, 7) is 3.71. The largest absolute Gasteiger partial charge is 0.446 e. The van der Waals surface area contributed by atoms with E-state index in [0.29, 0.717) is 6.42 Å². The second-order valence-corrected chi connectivity index (χ2v) is 5.55. The molecule has 7 heteroatoms. The molecule has 0 spiro atoms. The van der Waals surface area contributed by atoms with Gasteiger partial charge < -0.3 is 11.1 Å². The van der Waals surface area contributed by atoms with Crippen LogP contribution in [0.1, 0.15) is 20.3 Å². The third-order valence-electron chi connectivity index (χ3n) is 2.93. The second-order valence-electron chi connectivity index (χ2n) is 4.44. The number of halogens is 3. The highest BCUT2D eigenvalue weighted by Gasteiger charge is 2.31. The predicted octanol–water partition coefficient (Wildman–Crippen LogP) is 3.61. The highest BCUT2D eigenvalue weighted by Crippen LogP contribution is 2.40. The summed E-state index contributed by atoms with van der Waals surface area (Å²) in [6, 6.07) is 5.03. The van der Waals surface area contributed by atoms with Crippen LogP contribution in [-0.2, 0) is 4.79 Å². The van der Waals surface area contributed by atoms with Gasteiger partial charge in [0.05, 0.1) is 11.7 Å². The molecule has 1 aromatic carbocycles. The Morgan fingerprint density at radius 1 is 1.40 bits per heavy atom. The number of nitrogens with one attached hydrogen (secondary N) is 1. The quantitative estimate of drug-likeness (QED) is 0.817. The van der Waals surface area contributed by atoms with Crippen LogP contribution in [0.5, 0.6) is 0 Å². The van der Waals surface area contributed by atoms with E-state index in [1.807, 2.05) is 13.8 Å². The topological polar surface area (TPSA) is 55.1 Å². The third kappa shape index (κ3) is 5.05. The van der Waals surface area contributed by atoms with Crippen LogP contribution in [0.4, 0.5) is 18.9 Å². The number of anilines is 1. The fourth-order valence-electron chi connectivity index (χ4n) is 1.51. The summed E-state index contributed by atoms with van der Waals surface area (Å²) < 4.78 is 37.3. The monoisotopic (exact) mass is 306 g/mol. The summed E-state index contributed by atoms with van der Waals surface area (Å²) in [4.78, 5) is 11.9. The van der Waals surface area contributed by atoms with Gasteiger partial charge in [0.2, 0.25) is 5.91 Å². The summed E-state index contributed by atoms with van der Waals surface area (Å²) in [6.07, 6.45) is 0.716. The molecule has 1 aromatic rings. The van der Waals surface area contributed by atoms with Crippen LogP contribution in [0.25, 0.3) is 0 Å². The number of rotatable bonds is 5. The van der Waals surface area contributed by atoms with Crippen molar-refractivity contribution in [3.05, 3.63) is 24.3 Å². The summed E-state index contributed by atoms with van der Waals surface area (Å²) in [5.41, 5.74) is 1.48. The zero-order valence-electron chi connectivity index (χ0n) is 11.2. The number of carbonyl (C=O) groups excluding carboxylic acids is 1. The maximum Gasteiger partial charge on any atom is 0.446 e. The number of nitrogens with two attached hydrogens (primary N) is 1. The van der Waals surface area contributed by atoms with Gasteiger partial charge in [0.1, 0.15) is 0 Å². The van der Waals surface area contributed by atoms with Crippen molar-refractivity contribution in [2.45, 2.75) is 36.7 Å². The normalized spacial score (nSPS) is 14.7. The van der Waals surface area contributed by atoms with E-state index in [-0.39, 0.29) is 28.3 Å². The van der Waals surface area contributed by atoms with Crippen LogP contribution < -0.4 is 11.1 Å². The van der Waals surface area contributed by atoms with E-state index in [1.165, 1.54) is 18.2 Å². The maximum atomic E-state index is 12.4. The SMILES string of the molecule is CCC(C)C(N)C(=O)Nc1ccccc1SC(F)(F)F. The van der Waals surface area contributed by atoms with E-state index < -0.39 is 17.5 Å². The number of hydrogen-bond acceptors (Lipinski definition) is 3. The Morgan fingerprint density at radius 3 is 2.55 bits per heavy atom. The van der Waals surface area contributed by atoms with E-state index in [1.54, 1.807) is 6.07 Å². The molecular formula is C13H17F3N2OS. The van der Waals surface area contributed by atoms with Gasteiger partial charge in [-0.05, 0) is 29.8 Å². The lowest BCUT2D eigenvalue weighted by atomic mass is 9.99. The molecule has 112 valence electrons. The molecule has 2 atom stereocenters. The van der Waals surface area contributed by atoms with Gasteiger partial charge in [-0.15, -0.1) is 0 Å². The summed E-state index contributed by atoms with van der Waals surface area (Å²) >= 11 is -0.260. The van der Waals surface area contributed by atoms with Gasteiger partial charge in [-0.3, -0.25) is 4.79 Å². The van der Waals surface area contributed by atoms with Crippen molar-refractivity contribution < 1.29 is 18.0 Å². The molecule has 0 fully saturated rings. The lowest BCUT2D eigenvalue weighted by Gasteiger charge is -2.19. The van der Waals surface area contributed by atoms with Crippen molar-refractivity contribution in [2.24, 2.45) is 11.7 Å². The van der Waals surface area contributed by atoms with Crippen molar-refractivity contribution in [3.63, 3.8) is 0 Å². The predicted molar refractivity (Wildman–Crippen MR) is 74.4 cm³/mol. The standard InChI is InChI=1S/C13H17F3N2OS/c1-3-8(2)11(17)12(19)18-9-6-4-5-7-10(9)20-13(14,15)16/h4-8,11H,3,17H2,1-2H3,(H,18,19). The van der Waals surface area contributed by atoms with Crippen molar-refractivity contribution in [2.75, 3.05) is 5.32 Å². The molecule has 0 radical (unpaired) electrons. The van der Waals surface area contributed by atoms with E-state index >= 15 is 0 Å². The molecule has 0 saturated carbocycles. The molecule has 0 heterocycles. The third-order valence-corrected chi connectivity index (χ3v) is 3.74. The number of para-hydroxylation sites is 1. The zero-order valence-corrected chi connectivity index (χ0v) is 12.0. The van der Waals surface area contributed by atoms with Gasteiger partial charge in [0.25, 0.3) is 0 Å². The second kappa shape index (κ2) is 6.99. The van der Waals surface area contributed by atoms with Crippen molar-refractivity contribution in [3.8, 4) is 0 Å². The first-order chi connectivity index (χ1) is 9.24. The Bertz CT molecular complexity index is 465. The van der Waals surface area contributed by atoms with E-state index in [9.17, 15) is 18.0 Å². The Kier molecular flexibility index (Phi) is 5.88. The summed E-state index contributed by atoms with van der Waals surface area (Å²) in [5.74, 6) is -0.521. The first-order valence-corrected chi connectivity index (χ1v) is 6.97. The number of hydrogen-bond donors (Lipinski definition) is 2. The smallest absolute Gasteiger partial charge is 0.324 e. The van der Waals surface area contributed by atoms with Crippen molar-refractivity contribution in [1.29, 1.82) is 0 Å². The van der Waals surface area contributed by atoms with Crippen LogP contribution in [0.15, 0.2) is 29.2 Å². The van der Waals surface area contributed by atoms with Gasteiger partial charge >= 0.3 is 5.51 Å². The van der Waals surface area contributed by atoms with Crippen LogP contribution in [0.3, 0.4) is 0 Å².